The lowest BCUT2D eigenvalue weighted by atomic mass is 10.1. The van der Waals surface area contributed by atoms with Crippen LogP contribution in [0, 0.1) is 6.92 Å². The molecule has 0 heterocycles. The summed E-state index contributed by atoms with van der Waals surface area (Å²) in [7, 11) is 0. The Morgan fingerprint density at radius 3 is 2.56 bits per heavy atom. The zero-order chi connectivity index (χ0) is 13.5. The summed E-state index contributed by atoms with van der Waals surface area (Å²) in [5, 5.41) is 11.5. The highest BCUT2D eigenvalue weighted by molar-refractivity contribution is 5.85. The van der Waals surface area contributed by atoms with Crippen molar-refractivity contribution in [1.82, 2.24) is 5.32 Å². The molecule has 0 fully saturated rings. The standard InChI is InChI=1S/C14H19NO3/c1-3-6-12(14(17)18)15-13(16)9-11-8-5-4-7-10(11)2/h4-5,7-8,12H,3,6,9H2,1-2H3,(H,15,16)(H,17,18)/t12-/m1/s1. The second-order valence-corrected chi connectivity index (χ2v) is 4.35. The number of nitrogens with one attached hydrogen (secondary N) is 1. The van der Waals surface area contributed by atoms with Crippen LogP contribution in [0.4, 0.5) is 0 Å². The Morgan fingerprint density at radius 2 is 2.00 bits per heavy atom. The number of hydrogen-bond donors (Lipinski definition) is 2. The molecule has 0 saturated carbocycles. The minimum absolute atomic E-state index is 0.222. The van der Waals surface area contributed by atoms with Crippen LogP contribution in [0.3, 0.4) is 0 Å². The van der Waals surface area contributed by atoms with Gasteiger partial charge in [0.05, 0.1) is 6.42 Å². The fourth-order valence-corrected chi connectivity index (χ4v) is 1.77. The lowest BCUT2D eigenvalue weighted by Gasteiger charge is -2.14. The van der Waals surface area contributed by atoms with Gasteiger partial charge < -0.3 is 10.4 Å². The fourth-order valence-electron chi connectivity index (χ4n) is 1.77. The third-order valence-corrected chi connectivity index (χ3v) is 2.82. The van der Waals surface area contributed by atoms with Crippen LogP contribution in [0.25, 0.3) is 0 Å². The van der Waals surface area contributed by atoms with E-state index in [-0.39, 0.29) is 12.3 Å². The fraction of sp³-hybridized carbons (Fsp3) is 0.429. The molecule has 1 atom stereocenters. The zero-order valence-electron chi connectivity index (χ0n) is 10.8. The molecule has 18 heavy (non-hydrogen) atoms. The maximum Gasteiger partial charge on any atom is 0.326 e. The van der Waals surface area contributed by atoms with Crippen LogP contribution in [0.5, 0.6) is 0 Å². The number of rotatable bonds is 6. The highest BCUT2D eigenvalue weighted by atomic mass is 16.4. The summed E-state index contributed by atoms with van der Waals surface area (Å²) >= 11 is 0. The van der Waals surface area contributed by atoms with E-state index in [2.05, 4.69) is 5.32 Å². The van der Waals surface area contributed by atoms with Gasteiger partial charge in [-0.2, -0.15) is 0 Å². The van der Waals surface area contributed by atoms with Gasteiger partial charge in [0.2, 0.25) is 5.91 Å². The van der Waals surface area contributed by atoms with Crippen molar-refractivity contribution in [3.63, 3.8) is 0 Å². The largest absolute Gasteiger partial charge is 0.480 e. The molecule has 2 N–H and O–H groups in total. The van der Waals surface area contributed by atoms with Crippen molar-refractivity contribution in [3.8, 4) is 0 Å². The van der Waals surface area contributed by atoms with Crippen molar-refractivity contribution in [3.05, 3.63) is 35.4 Å². The molecule has 0 spiro atoms. The van der Waals surface area contributed by atoms with Gasteiger partial charge in [-0.05, 0) is 24.5 Å². The number of benzene rings is 1. The molecule has 0 aromatic heterocycles. The topological polar surface area (TPSA) is 66.4 Å². The van der Waals surface area contributed by atoms with Gasteiger partial charge in [0.1, 0.15) is 6.04 Å². The van der Waals surface area contributed by atoms with Crippen molar-refractivity contribution in [2.45, 2.75) is 39.2 Å². The van der Waals surface area contributed by atoms with Crippen LogP contribution >= 0.6 is 0 Å². The van der Waals surface area contributed by atoms with Gasteiger partial charge in [-0.3, -0.25) is 4.79 Å². The van der Waals surface area contributed by atoms with Gasteiger partial charge in [-0.25, -0.2) is 4.79 Å². The van der Waals surface area contributed by atoms with Crippen molar-refractivity contribution >= 4 is 11.9 Å². The smallest absolute Gasteiger partial charge is 0.326 e. The van der Waals surface area contributed by atoms with Crippen LogP contribution in [-0.2, 0) is 16.0 Å². The van der Waals surface area contributed by atoms with E-state index in [1.165, 1.54) is 0 Å². The molecule has 1 amide bonds. The van der Waals surface area contributed by atoms with Crippen molar-refractivity contribution in [2.75, 3.05) is 0 Å². The second kappa shape index (κ2) is 6.79. The van der Waals surface area contributed by atoms with Crippen LogP contribution in [0.2, 0.25) is 0 Å². The van der Waals surface area contributed by atoms with Gasteiger partial charge in [0, 0.05) is 0 Å². The third kappa shape index (κ3) is 4.20. The predicted molar refractivity (Wildman–Crippen MR) is 69.4 cm³/mol. The van der Waals surface area contributed by atoms with Gasteiger partial charge >= 0.3 is 5.97 Å². The Morgan fingerprint density at radius 1 is 1.33 bits per heavy atom. The first-order valence-electron chi connectivity index (χ1n) is 6.11. The number of carboxylic acids is 1. The second-order valence-electron chi connectivity index (χ2n) is 4.35. The van der Waals surface area contributed by atoms with E-state index in [0.717, 1.165) is 17.5 Å². The summed E-state index contributed by atoms with van der Waals surface area (Å²) in [6.45, 7) is 3.83. The van der Waals surface area contributed by atoms with Crippen molar-refractivity contribution in [2.24, 2.45) is 0 Å². The molecule has 0 bridgehead atoms. The molecule has 0 aliphatic carbocycles. The van der Waals surface area contributed by atoms with E-state index < -0.39 is 12.0 Å². The van der Waals surface area contributed by atoms with Crippen LogP contribution < -0.4 is 5.32 Å². The molecule has 4 heteroatoms. The number of hydrogen-bond acceptors (Lipinski definition) is 2. The number of carbonyl (C=O) groups excluding carboxylic acids is 1. The van der Waals surface area contributed by atoms with E-state index in [1.807, 2.05) is 38.1 Å². The Balaban J connectivity index is 2.61. The molecule has 1 rings (SSSR count). The van der Waals surface area contributed by atoms with Crippen LogP contribution in [-0.4, -0.2) is 23.0 Å². The molecule has 4 nitrogen and oxygen atoms in total. The summed E-state index contributed by atoms with van der Waals surface area (Å²) in [6.07, 6.45) is 1.40. The van der Waals surface area contributed by atoms with Gasteiger partial charge in [0.25, 0.3) is 0 Å². The molecule has 1 aromatic rings. The number of aryl methyl sites for hydroxylation is 1. The minimum atomic E-state index is -0.977. The highest BCUT2D eigenvalue weighted by Crippen LogP contribution is 2.08. The Hall–Kier alpha value is -1.84. The Kier molecular flexibility index (Phi) is 5.36. The molecule has 98 valence electrons. The normalized spacial score (nSPS) is 11.9. The lowest BCUT2D eigenvalue weighted by molar-refractivity contribution is -0.141. The minimum Gasteiger partial charge on any atom is -0.480 e. The first-order valence-corrected chi connectivity index (χ1v) is 6.11. The summed E-state index contributed by atoms with van der Waals surface area (Å²) < 4.78 is 0. The van der Waals surface area contributed by atoms with Gasteiger partial charge in [0.15, 0.2) is 0 Å². The van der Waals surface area contributed by atoms with Crippen molar-refractivity contribution < 1.29 is 14.7 Å². The van der Waals surface area contributed by atoms with Crippen LogP contribution in [0.1, 0.15) is 30.9 Å². The molecule has 0 radical (unpaired) electrons. The molecule has 0 aliphatic heterocycles. The van der Waals surface area contributed by atoms with Crippen LogP contribution in [0.15, 0.2) is 24.3 Å². The summed E-state index contributed by atoms with van der Waals surface area (Å²) in [6, 6.07) is 6.81. The maximum atomic E-state index is 11.8. The van der Waals surface area contributed by atoms with E-state index in [1.54, 1.807) is 0 Å². The van der Waals surface area contributed by atoms with E-state index in [0.29, 0.717) is 6.42 Å². The Bertz CT molecular complexity index is 429. The van der Waals surface area contributed by atoms with Gasteiger partial charge in [-0.1, -0.05) is 37.6 Å². The molecule has 0 aliphatic rings. The lowest BCUT2D eigenvalue weighted by Crippen LogP contribution is -2.41. The number of aliphatic carboxylic acids is 1. The molecular weight excluding hydrogens is 230 g/mol. The first kappa shape index (κ1) is 14.2. The third-order valence-electron chi connectivity index (χ3n) is 2.82. The average Bonchev–Trinajstić information content (AvgIpc) is 2.31. The first-order chi connectivity index (χ1) is 8.54. The maximum absolute atomic E-state index is 11.8. The summed E-state index contributed by atoms with van der Waals surface area (Å²) in [4.78, 5) is 22.7. The number of amides is 1. The van der Waals surface area contributed by atoms with E-state index >= 15 is 0 Å². The molecule has 1 aromatic carbocycles. The highest BCUT2D eigenvalue weighted by Gasteiger charge is 2.18. The molecule has 0 saturated heterocycles. The van der Waals surface area contributed by atoms with Crippen molar-refractivity contribution in [1.29, 1.82) is 0 Å². The zero-order valence-corrected chi connectivity index (χ0v) is 10.8. The Labute approximate surface area is 107 Å². The molecular formula is C14H19NO3. The number of carbonyl (C=O) groups is 2. The SMILES string of the molecule is CCC[C@@H](NC(=O)Cc1ccccc1C)C(=O)O. The summed E-state index contributed by atoms with van der Waals surface area (Å²) in [5.41, 5.74) is 1.96. The number of carboxylic acid groups (broad SMARTS) is 1. The average molecular weight is 249 g/mol. The summed E-state index contributed by atoms with van der Waals surface area (Å²) in [5.74, 6) is -1.22. The van der Waals surface area contributed by atoms with E-state index in [9.17, 15) is 9.59 Å². The van der Waals surface area contributed by atoms with Gasteiger partial charge in [-0.15, -0.1) is 0 Å². The predicted octanol–water partition coefficient (Wildman–Crippen LogP) is 1.91. The quantitative estimate of drug-likeness (QED) is 0.809. The molecule has 0 unspecified atom stereocenters. The van der Waals surface area contributed by atoms with E-state index in [4.69, 9.17) is 5.11 Å². The monoisotopic (exact) mass is 249 g/mol.